The minimum Gasteiger partial charge on any atom is -0.480 e. The van der Waals surface area contributed by atoms with Crippen molar-refractivity contribution in [3.63, 3.8) is 0 Å². The Bertz CT molecular complexity index is 260. The van der Waals surface area contributed by atoms with Gasteiger partial charge in [-0.15, -0.1) is 0 Å². The van der Waals surface area contributed by atoms with E-state index in [9.17, 15) is 13.2 Å². The molecule has 0 amide bonds. The number of sulfonamides is 1. The van der Waals surface area contributed by atoms with Crippen molar-refractivity contribution < 1.29 is 18.3 Å². The molecule has 0 aromatic carbocycles. The van der Waals surface area contributed by atoms with Crippen LogP contribution in [0, 0.1) is 5.92 Å². The first-order chi connectivity index (χ1) is 5.87. The van der Waals surface area contributed by atoms with Crippen molar-refractivity contribution in [1.82, 2.24) is 4.72 Å². The zero-order valence-electron chi connectivity index (χ0n) is 7.78. The van der Waals surface area contributed by atoms with E-state index in [-0.39, 0.29) is 5.92 Å². The third-order valence-electron chi connectivity index (χ3n) is 1.66. The molecule has 0 aromatic heterocycles. The van der Waals surface area contributed by atoms with Crippen LogP contribution in [0.4, 0.5) is 0 Å². The monoisotopic (exact) mass is 209 g/mol. The van der Waals surface area contributed by atoms with E-state index in [2.05, 4.69) is 4.72 Å². The van der Waals surface area contributed by atoms with Gasteiger partial charge in [0.1, 0.15) is 0 Å². The summed E-state index contributed by atoms with van der Waals surface area (Å²) in [6.45, 7) is 4.13. The van der Waals surface area contributed by atoms with Crippen LogP contribution >= 0.6 is 0 Å². The lowest BCUT2D eigenvalue weighted by Gasteiger charge is -2.09. The number of carboxylic acids is 1. The van der Waals surface area contributed by atoms with Crippen LogP contribution in [-0.2, 0) is 14.8 Å². The molecule has 78 valence electrons. The summed E-state index contributed by atoms with van der Waals surface area (Å²) < 4.78 is 24.2. The van der Waals surface area contributed by atoms with E-state index in [0.29, 0.717) is 6.54 Å². The van der Waals surface area contributed by atoms with Gasteiger partial charge in [0.25, 0.3) is 0 Å². The summed E-state index contributed by atoms with van der Waals surface area (Å²) >= 11 is 0. The molecule has 0 aliphatic rings. The molecule has 1 unspecified atom stereocenters. The fourth-order valence-electron chi connectivity index (χ4n) is 0.627. The van der Waals surface area contributed by atoms with E-state index < -0.39 is 21.7 Å². The first kappa shape index (κ1) is 12.4. The molecule has 0 radical (unpaired) electrons. The summed E-state index contributed by atoms with van der Waals surface area (Å²) in [7, 11) is -3.64. The van der Waals surface area contributed by atoms with E-state index in [0.717, 1.165) is 6.42 Å². The first-order valence-electron chi connectivity index (χ1n) is 4.06. The predicted molar refractivity (Wildman–Crippen MR) is 48.9 cm³/mol. The third kappa shape index (κ3) is 6.53. The van der Waals surface area contributed by atoms with Crippen molar-refractivity contribution in [1.29, 1.82) is 0 Å². The van der Waals surface area contributed by atoms with Gasteiger partial charge in [-0.25, -0.2) is 13.1 Å². The molecule has 0 saturated heterocycles. The van der Waals surface area contributed by atoms with Crippen molar-refractivity contribution in [3.8, 4) is 0 Å². The minimum absolute atomic E-state index is 0.226. The molecule has 13 heavy (non-hydrogen) atoms. The first-order valence-corrected chi connectivity index (χ1v) is 5.71. The Morgan fingerprint density at radius 1 is 1.54 bits per heavy atom. The number of hydrogen-bond acceptors (Lipinski definition) is 3. The molecule has 0 aromatic rings. The van der Waals surface area contributed by atoms with Gasteiger partial charge in [0.05, 0.1) is 0 Å². The van der Waals surface area contributed by atoms with Crippen LogP contribution in [0.15, 0.2) is 0 Å². The average molecular weight is 209 g/mol. The summed E-state index contributed by atoms with van der Waals surface area (Å²) in [5.41, 5.74) is 0. The molecule has 6 heteroatoms. The van der Waals surface area contributed by atoms with Crippen LogP contribution in [0.3, 0.4) is 0 Å². The van der Waals surface area contributed by atoms with Crippen LogP contribution in [0.1, 0.15) is 20.3 Å². The van der Waals surface area contributed by atoms with Gasteiger partial charge in [0, 0.05) is 6.54 Å². The van der Waals surface area contributed by atoms with Crippen molar-refractivity contribution in [2.24, 2.45) is 5.92 Å². The van der Waals surface area contributed by atoms with Crippen molar-refractivity contribution >= 4 is 16.0 Å². The van der Waals surface area contributed by atoms with Gasteiger partial charge in [-0.05, 0) is 5.92 Å². The molecule has 0 saturated carbocycles. The highest BCUT2D eigenvalue weighted by molar-refractivity contribution is 7.90. The quantitative estimate of drug-likeness (QED) is 0.646. The van der Waals surface area contributed by atoms with Gasteiger partial charge < -0.3 is 5.11 Å². The summed E-state index contributed by atoms with van der Waals surface area (Å²) in [5, 5.41) is 8.25. The molecular weight excluding hydrogens is 194 g/mol. The number of hydrogen-bond donors (Lipinski definition) is 2. The Balaban J connectivity index is 3.97. The van der Waals surface area contributed by atoms with E-state index in [4.69, 9.17) is 5.11 Å². The summed E-state index contributed by atoms with van der Waals surface area (Å²) in [6.07, 6.45) is 0.857. The highest BCUT2D eigenvalue weighted by Crippen LogP contribution is 1.98. The molecule has 0 rings (SSSR count). The molecule has 0 bridgehead atoms. The Kier molecular flexibility index (Phi) is 4.94. The van der Waals surface area contributed by atoms with E-state index in [1.807, 2.05) is 13.8 Å². The largest absolute Gasteiger partial charge is 0.480 e. The van der Waals surface area contributed by atoms with Crippen molar-refractivity contribution in [2.45, 2.75) is 20.3 Å². The van der Waals surface area contributed by atoms with Crippen molar-refractivity contribution in [3.05, 3.63) is 0 Å². The summed E-state index contributed by atoms with van der Waals surface area (Å²) in [4.78, 5) is 10.1. The van der Waals surface area contributed by atoms with Crippen LogP contribution in [0.25, 0.3) is 0 Å². The number of carbonyl (C=O) groups is 1. The van der Waals surface area contributed by atoms with Crippen LogP contribution in [0.5, 0.6) is 0 Å². The third-order valence-corrected chi connectivity index (χ3v) is 2.90. The van der Waals surface area contributed by atoms with Gasteiger partial charge >= 0.3 is 5.97 Å². The molecule has 0 aliphatic carbocycles. The average Bonchev–Trinajstić information content (AvgIpc) is 1.98. The van der Waals surface area contributed by atoms with Gasteiger partial charge in [-0.1, -0.05) is 20.3 Å². The highest BCUT2D eigenvalue weighted by atomic mass is 32.2. The maximum atomic E-state index is 11.0. The molecule has 0 aliphatic heterocycles. The fraction of sp³-hybridized carbons (Fsp3) is 0.857. The van der Waals surface area contributed by atoms with E-state index >= 15 is 0 Å². The van der Waals surface area contributed by atoms with Crippen LogP contribution in [-0.4, -0.2) is 31.8 Å². The number of rotatable bonds is 6. The summed E-state index contributed by atoms with van der Waals surface area (Å²) in [5.74, 6) is -1.97. The SMILES string of the molecule is CCC(C)CNS(=O)(=O)CC(=O)O. The molecule has 1 atom stereocenters. The Morgan fingerprint density at radius 3 is 2.46 bits per heavy atom. The second-order valence-electron chi connectivity index (χ2n) is 3.01. The van der Waals surface area contributed by atoms with E-state index in [1.54, 1.807) is 0 Å². The van der Waals surface area contributed by atoms with Gasteiger partial charge in [0.15, 0.2) is 5.75 Å². The zero-order valence-corrected chi connectivity index (χ0v) is 8.60. The smallest absolute Gasteiger partial charge is 0.320 e. The standard InChI is InChI=1S/C7H15NO4S/c1-3-6(2)4-8-13(11,12)5-7(9)10/h6,8H,3-5H2,1-2H3,(H,9,10). The normalized spacial score (nSPS) is 14.0. The maximum absolute atomic E-state index is 11.0. The predicted octanol–water partition coefficient (Wildman–Crippen LogP) is 0.0365. The second-order valence-corrected chi connectivity index (χ2v) is 4.82. The Hall–Kier alpha value is -0.620. The number of carboxylic acid groups (broad SMARTS) is 1. The lowest BCUT2D eigenvalue weighted by atomic mass is 10.1. The lowest BCUT2D eigenvalue weighted by molar-refractivity contribution is -0.134. The fourth-order valence-corrected chi connectivity index (χ4v) is 1.59. The molecule has 5 nitrogen and oxygen atoms in total. The van der Waals surface area contributed by atoms with Crippen molar-refractivity contribution in [2.75, 3.05) is 12.3 Å². The zero-order chi connectivity index (χ0) is 10.5. The molecule has 0 spiro atoms. The topological polar surface area (TPSA) is 83.5 Å². The van der Waals surface area contributed by atoms with Gasteiger partial charge in [-0.3, -0.25) is 4.79 Å². The molecular formula is C7H15NO4S. The number of nitrogens with one attached hydrogen (secondary N) is 1. The molecule has 2 N–H and O–H groups in total. The second kappa shape index (κ2) is 5.18. The minimum atomic E-state index is -3.64. The van der Waals surface area contributed by atoms with Crippen LogP contribution < -0.4 is 4.72 Å². The molecule has 0 heterocycles. The maximum Gasteiger partial charge on any atom is 0.320 e. The number of aliphatic carboxylic acids is 1. The Labute approximate surface area is 78.2 Å². The lowest BCUT2D eigenvalue weighted by Crippen LogP contribution is -2.33. The molecule has 0 fully saturated rings. The van der Waals surface area contributed by atoms with E-state index in [1.165, 1.54) is 0 Å². The summed E-state index contributed by atoms with van der Waals surface area (Å²) in [6, 6.07) is 0. The van der Waals surface area contributed by atoms with Gasteiger partial charge in [-0.2, -0.15) is 0 Å². The van der Waals surface area contributed by atoms with Gasteiger partial charge in [0.2, 0.25) is 10.0 Å². The van der Waals surface area contributed by atoms with Crippen LogP contribution in [0.2, 0.25) is 0 Å². The Morgan fingerprint density at radius 2 is 2.08 bits per heavy atom. The highest BCUT2D eigenvalue weighted by Gasteiger charge is 2.15.